The van der Waals surface area contributed by atoms with Crippen molar-refractivity contribution in [3.63, 3.8) is 0 Å². The van der Waals surface area contributed by atoms with Gasteiger partial charge in [0.15, 0.2) is 0 Å². The molecule has 1 saturated carbocycles. The van der Waals surface area contributed by atoms with E-state index in [1.807, 2.05) is 6.07 Å². The van der Waals surface area contributed by atoms with Crippen molar-refractivity contribution >= 4 is 0 Å². The summed E-state index contributed by atoms with van der Waals surface area (Å²) < 4.78 is 5.35. The molecule has 1 aromatic carbocycles. The molecule has 1 aliphatic carbocycles. The first-order valence-electron chi connectivity index (χ1n) is 6.49. The third-order valence-corrected chi connectivity index (χ3v) is 3.41. The molecule has 3 N–H and O–H groups in total. The van der Waals surface area contributed by atoms with Gasteiger partial charge in [0.2, 0.25) is 0 Å². The highest BCUT2D eigenvalue weighted by atomic mass is 16.5. The van der Waals surface area contributed by atoms with E-state index in [9.17, 15) is 0 Å². The van der Waals surface area contributed by atoms with E-state index in [0.29, 0.717) is 12.6 Å². The second-order valence-corrected chi connectivity index (χ2v) is 4.78. The third-order valence-electron chi connectivity index (χ3n) is 3.41. The van der Waals surface area contributed by atoms with E-state index in [2.05, 4.69) is 17.0 Å². The lowest BCUT2D eigenvalue weighted by atomic mass is 10.1. The maximum atomic E-state index is 9.09. The van der Waals surface area contributed by atoms with Gasteiger partial charge >= 0.3 is 0 Å². The van der Waals surface area contributed by atoms with Crippen molar-refractivity contribution in [3.8, 4) is 5.75 Å². The third kappa shape index (κ3) is 3.22. The zero-order chi connectivity index (χ0) is 13.0. The van der Waals surface area contributed by atoms with E-state index < -0.39 is 0 Å². The van der Waals surface area contributed by atoms with E-state index >= 15 is 0 Å². The van der Waals surface area contributed by atoms with E-state index in [0.717, 1.165) is 24.4 Å². The molecule has 4 nitrogen and oxygen atoms in total. The van der Waals surface area contributed by atoms with E-state index in [-0.39, 0.29) is 6.61 Å². The zero-order valence-corrected chi connectivity index (χ0v) is 10.9. The average molecular weight is 250 g/mol. The molecule has 2 rings (SSSR count). The fourth-order valence-electron chi connectivity index (χ4n) is 2.25. The number of hydrogen-bond acceptors (Lipinski definition) is 4. The quantitative estimate of drug-likeness (QED) is 0.761. The summed E-state index contributed by atoms with van der Waals surface area (Å²) in [6, 6.07) is 6.82. The highest BCUT2D eigenvalue weighted by Gasteiger charge is 2.28. The Balaban J connectivity index is 2.07. The van der Waals surface area contributed by atoms with Crippen LogP contribution in [0.25, 0.3) is 0 Å². The minimum atomic E-state index is 0.217. The predicted octanol–water partition coefficient (Wildman–Crippen LogP) is 1.11. The molecule has 1 aliphatic rings. The van der Waals surface area contributed by atoms with Crippen LogP contribution in [-0.2, 0) is 13.1 Å². The Morgan fingerprint density at radius 2 is 2.22 bits per heavy atom. The molecule has 0 saturated heterocycles. The van der Waals surface area contributed by atoms with Crippen LogP contribution in [0.2, 0.25) is 0 Å². The molecule has 0 amide bonds. The number of nitrogens with two attached hydrogens (primary N) is 1. The first-order valence-corrected chi connectivity index (χ1v) is 6.49. The summed E-state index contributed by atoms with van der Waals surface area (Å²) in [5.74, 6) is 0.856. The van der Waals surface area contributed by atoms with Gasteiger partial charge in [-0.2, -0.15) is 0 Å². The lowest BCUT2D eigenvalue weighted by molar-refractivity contribution is 0.183. The van der Waals surface area contributed by atoms with E-state index in [1.54, 1.807) is 7.11 Å². The monoisotopic (exact) mass is 250 g/mol. The summed E-state index contributed by atoms with van der Waals surface area (Å²) in [5, 5.41) is 9.09. The summed E-state index contributed by atoms with van der Waals surface area (Å²) in [6.45, 7) is 2.32. The van der Waals surface area contributed by atoms with Gasteiger partial charge in [-0.05, 0) is 24.5 Å². The largest absolute Gasteiger partial charge is 0.496 e. The van der Waals surface area contributed by atoms with Crippen LogP contribution in [-0.4, -0.2) is 36.3 Å². The van der Waals surface area contributed by atoms with Crippen molar-refractivity contribution in [2.24, 2.45) is 5.73 Å². The minimum Gasteiger partial charge on any atom is -0.496 e. The minimum absolute atomic E-state index is 0.217. The maximum absolute atomic E-state index is 9.09. The summed E-state index contributed by atoms with van der Waals surface area (Å²) in [4.78, 5) is 2.33. The van der Waals surface area contributed by atoms with Crippen LogP contribution >= 0.6 is 0 Å². The average Bonchev–Trinajstić information content (AvgIpc) is 3.22. The first-order chi connectivity index (χ1) is 8.78. The topological polar surface area (TPSA) is 58.7 Å². The second kappa shape index (κ2) is 6.18. The first kappa shape index (κ1) is 13.3. The Morgan fingerprint density at radius 1 is 1.44 bits per heavy atom. The van der Waals surface area contributed by atoms with Gasteiger partial charge in [-0.3, -0.25) is 4.90 Å². The number of nitrogens with zero attached hydrogens (tertiary/aromatic N) is 1. The fourth-order valence-corrected chi connectivity index (χ4v) is 2.25. The van der Waals surface area contributed by atoms with Crippen molar-refractivity contribution in [2.75, 3.05) is 20.3 Å². The van der Waals surface area contributed by atoms with E-state index in [4.69, 9.17) is 15.6 Å². The number of rotatable bonds is 7. The molecule has 1 fully saturated rings. The van der Waals surface area contributed by atoms with E-state index in [1.165, 1.54) is 18.4 Å². The Hall–Kier alpha value is -1.10. The van der Waals surface area contributed by atoms with Crippen molar-refractivity contribution in [1.29, 1.82) is 0 Å². The van der Waals surface area contributed by atoms with Crippen molar-refractivity contribution in [2.45, 2.75) is 32.0 Å². The van der Waals surface area contributed by atoms with Gasteiger partial charge in [0.25, 0.3) is 0 Å². The molecular weight excluding hydrogens is 228 g/mol. The number of aliphatic hydroxyl groups is 1. The van der Waals surface area contributed by atoms with Crippen LogP contribution in [0.3, 0.4) is 0 Å². The van der Waals surface area contributed by atoms with Crippen molar-refractivity contribution in [1.82, 2.24) is 4.90 Å². The molecule has 0 spiro atoms. The maximum Gasteiger partial charge on any atom is 0.123 e. The molecule has 1 aromatic rings. The molecule has 100 valence electrons. The van der Waals surface area contributed by atoms with Crippen LogP contribution < -0.4 is 10.5 Å². The smallest absolute Gasteiger partial charge is 0.123 e. The van der Waals surface area contributed by atoms with Crippen LogP contribution in [0.4, 0.5) is 0 Å². The van der Waals surface area contributed by atoms with Gasteiger partial charge in [-0.15, -0.1) is 0 Å². The van der Waals surface area contributed by atoms with Crippen LogP contribution in [0.1, 0.15) is 24.0 Å². The molecule has 0 aromatic heterocycles. The molecule has 0 unspecified atom stereocenters. The summed E-state index contributed by atoms with van der Waals surface area (Å²) in [7, 11) is 1.67. The van der Waals surface area contributed by atoms with Crippen LogP contribution in [0, 0.1) is 0 Å². The Bertz CT molecular complexity index is 391. The summed E-state index contributed by atoms with van der Waals surface area (Å²) >= 11 is 0. The summed E-state index contributed by atoms with van der Waals surface area (Å²) in [6.07, 6.45) is 2.50. The Kier molecular flexibility index (Phi) is 4.58. The van der Waals surface area contributed by atoms with Gasteiger partial charge in [0.05, 0.1) is 13.7 Å². The molecular formula is C14H22N2O2. The molecule has 0 heterocycles. The number of ether oxygens (including phenoxy) is 1. The fraction of sp³-hybridized carbons (Fsp3) is 0.571. The molecule has 0 atom stereocenters. The number of hydrogen-bond donors (Lipinski definition) is 2. The highest BCUT2D eigenvalue weighted by Crippen LogP contribution is 2.29. The van der Waals surface area contributed by atoms with Crippen LogP contribution in [0.15, 0.2) is 18.2 Å². The van der Waals surface area contributed by atoms with Gasteiger partial charge in [-0.1, -0.05) is 12.1 Å². The molecule has 4 heteroatoms. The standard InChI is InChI=1S/C14H22N2O2/c1-18-14-8-11(2-3-12(14)9-15)10-16(6-7-17)13-4-5-13/h2-3,8,13,17H,4-7,9-10,15H2,1H3. The number of methoxy groups -OCH3 is 1. The highest BCUT2D eigenvalue weighted by molar-refractivity contribution is 5.37. The lowest BCUT2D eigenvalue weighted by Crippen LogP contribution is -2.28. The zero-order valence-electron chi connectivity index (χ0n) is 10.9. The van der Waals surface area contributed by atoms with Gasteiger partial charge < -0.3 is 15.6 Å². The second-order valence-electron chi connectivity index (χ2n) is 4.78. The molecule has 0 radical (unpaired) electrons. The summed E-state index contributed by atoms with van der Waals surface area (Å²) in [5.41, 5.74) is 7.90. The van der Waals surface area contributed by atoms with Crippen molar-refractivity contribution < 1.29 is 9.84 Å². The normalized spacial score (nSPS) is 15.1. The van der Waals surface area contributed by atoms with Gasteiger partial charge in [0.1, 0.15) is 5.75 Å². The molecule has 0 bridgehead atoms. The predicted molar refractivity (Wildman–Crippen MR) is 71.4 cm³/mol. The van der Waals surface area contributed by atoms with Gasteiger partial charge in [-0.25, -0.2) is 0 Å². The molecule has 0 aliphatic heterocycles. The SMILES string of the molecule is COc1cc(CN(CCO)C2CC2)ccc1CN. The lowest BCUT2D eigenvalue weighted by Gasteiger charge is -2.21. The Labute approximate surface area is 108 Å². The van der Waals surface area contributed by atoms with Gasteiger partial charge in [0, 0.05) is 31.2 Å². The Morgan fingerprint density at radius 3 is 2.78 bits per heavy atom. The van der Waals surface area contributed by atoms with Crippen LogP contribution in [0.5, 0.6) is 5.75 Å². The number of aliphatic hydroxyl groups excluding tert-OH is 1. The number of benzene rings is 1. The molecule has 18 heavy (non-hydrogen) atoms. The van der Waals surface area contributed by atoms with Crippen molar-refractivity contribution in [3.05, 3.63) is 29.3 Å².